The molecule has 55 heavy (non-hydrogen) atoms. The van der Waals surface area contributed by atoms with Gasteiger partial charge >= 0.3 is 0 Å². The van der Waals surface area contributed by atoms with Gasteiger partial charge in [-0.3, -0.25) is 9.80 Å². The lowest BCUT2D eigenvalue weighted by molar-refractivity contribution is 0.0288. The molecule has 2 unspecified atom stereocenters. The molecular formula is C42H56Cl6N4O3. The largest absolute Gasteiger partial charge is 0.412 e. The maximum Gasteiger partial charge on any atom is 0.0839 e. The van der Waals surface area contributed by atoms with E-state index in [9.17, 15) is 0 Å². The summed E-state index contributed by atoms with van der Waals surface area (Å²) in [6, 6.07) is 33.8. The number of piperazine rings is 2. The van der Waals surface area contributed by atoms with Crippen molar-refractivity contribution in [3.05, 3.63) is 129 Å². The van der Waals surface area contributed by atoms with E-state index in [1.54, 1.807) is 0 Å². The summed E-state index contributed by atoms with van der Waals surface area (Å²) in [5.41, 5.74) is 8.27. The first-order valence-corrected chi connectivity index (χ1v) is 19.2. The molecule has 2 fully saturated rings. The van der Waals surface area contributed by atoms with Crippen molar-refractivity contribution in [2.45, 2.75) is 37.9 Å². The number of nitrogens with zero attached hydrogens (tertiary/aromatic N) is 4. The number of anilines is 2. The van der Waals surface area contributed by atoms with E-state index in [1.807, 2.05) is 24.3 Å². The predicted molar refractivity (Wildman–Crippen MR) is 240 cm³/mol. The third-order valence-electron chi connectivity index (χ3n) is 10.7. The van der Waals surface area contributed by atoms with Gasteiger partial charge in [0.2, 0.25) is 0 Å². The Balaban J connectivity index is 0.000000348. The van der Waals surface area contributed by atoms with Gasteiger partial charge in [0.25, 0.3) is 0 Å². The lowest BCUT2D eigenvalue weighted by Gasteiger charge is -2.37. The van der Waals surface area contributed by atoms with Gasteiger partial charge in [-0.15, -0.1) is 49.6 Å². The summed E-state index contributed by atoms with van der Waals surface area (Å²) in [4.78, 5) is 10.0. The van der Waals surface area contributed by atoms with E-state index in [2.05, 4.69) is 92.4 Å². The third-order valence-corrected chi connectivity index (χ3v) is 11.2. The van der Waals surface area contributed by atoms with Gasteiger partial charge in [0.05, 0.1) is 25.4 Å². The van der Waals surface area contributed by atoms with Crippen molar-refractivity contribution in [3.8, 4) is 0 Å². The summed E-state index contributed by atoms with van der Waals surface area (Å²) in [7, 11) is 0. The first-order chi connectivity index (χ1) is 24.6. The third kappa shape index (κ3) is 13.5. The minimum absolute atomic E-state index is 0. The van der Waals surface area contributed by atoms with Gasteiger partial charge in [-0.25, -0.2) is 0 Å². The highest BCUT2D eigenvalue weighted by molar-refractivity contribution is 6.30. The molecule has 0 radical (unpaired) electrons. The maximum atomic E-state index is 6.05. The molecule has 8 rings (SSSR count). The molecule has 4 aliphatic rings. The summed E-state index contributed by atoms with van der Waals surface area (Å²) in [5.74, 6) is 0. The molecule has 7 nitrogen and oxygen atoms in total. The van der Waals surface area contributed by atoms with Crippen LogP contribution in [0.2, 0.25) is 10.0 Å². The first-order valence-electron chi connectivity index (χ1n) is 18.4. The van der Waals surface area contributed by atoms with Crippen LogP contribution in [0.3, 0.4) is 0 Å². The highest BCUT2D eigenvalue weighted by atomic mass is 35.5. The van der Waals surface area contributed by atoms with E-state index < -0.39 is 0 Å². The average molecular weight is 878 g/mol. The SMILES string of the molecule is Cl.Cl.Cl.Cl.Clc1ccc(N2CCN(CCC3OCCc4ccccc43)CC2)cc1.Clc1ccc(N2CCN(CCC3OCCc4ccccc43)CC2)cc1.O. The zero-order chi connectivity index (χ0) is 34.1. The van der Waals surface area contributed by atoms with Crippen molar-refractivity contribution < 1.29 is 14.9 Å². The maximum absolute atomic E-state index is 6.05. The van der Waals surface area contributed by atoms with Crippen molar-refractivity contribution in [1.29, 1.82) is 0 Å². The minimum Gasteiger partial charge on any atom is -0.412 e. The average Bonchev–Trinajstić information content (AvgIpc) is 3.17. The number of benzene rings is 4. The van der Waals surface area contributed by atoms with Crippen molar-refractivity contribution >= 4 is 84.2 Å². The number of hydrogen-bond acceptors (Lipinski definition) is 6. The Labute approximate surface area is 362 Å². The van der Waals surface area contributed by atoms with Gasteiger partial charge in [0.15, 0.2) is 0 Å². The number of halogens is 6. The van der Waals surface area contributed by atoms with Crippen LogP contribution in [0.5, 0.6) is 0 Å². The molecule has 4 heterocycles. The molecule has 0 spiro atoms. The molecule has 0 saturated carbocycles. The summed E-state index contributed by atoms with van der Waals surface area (Å²) in [6.45, 7) is 12.6. The van der Waals surface area contributed by atoms with Crippen LogP contribution in [0.25, 0.3) is 0 Å². The van der Waals surface area contributed by atoms with Gasteiger partial charge in [0.1, 0.15) is 0 Å². The van der Waals surface area contributed by atoms with E-state index in [-0.39, 0.29) is 67.3 Å². The van der Waals surface area contributed by atoms with Gasteiger partial charge < -0.3 is 24.7 Å². The second-order valence-electron chi connectivity index (χ2n) is 13.8. The van der Waals surface area contributed by atoms with E-state index in [0.29, 0.717) is 0 Å². The van der Waals surface area contributed by atoms with Crippen LogP contribution in [-0.2, 0) is 22.3 Å². The van der Waals surface area contributed by atoms with Crippen LogP contribution in [0.15, 0.2) is 97.1 Å². The summed E-state index contributed by atoms with van der Waals surface area (Å²) in [5, 5.41) is 1.60. The summed E-state index contributed by atoms with van der Waals surface area (Å²) >= 11 is 12.0. The highest BCUT2D eigenvalue weighted by Crippen LogP contribution is 2.31. The lowest BCUT2D eigenvalue weighted by atomic mass is 9.95. The molecule has 13 heteroatoms. The number of rotatable bonds is 8. The quantitative estimate of drug-likeness (QED) is 0.176. The second kappa shape index (κ2) is 24.7. The topological polar surface area (TPSA) is 62.9 Å². The van der Waals surface area contributed by atoms with Crippen LogP contribution in [0.4, 0.5) is 11.4 Å². The highest BCUT2D eigenvalue weighted by Gasteiger charge is 2.24. The molecule has 4 aromatic rings. The van der Waals surface area contributed by atoms with Gasteiger partial charge in [-0.05, 0) is 96.5 Å². The molecule has 0 amide bonds. The predicted octanol–water partition coefficient (Wildman–Crippen LogP) is 9.19. The van der Waals surface area contributed by atoms with Crippen LogP contribution >= 0.6 is 72.8 Å². The molecule has 4 aromatic carbocycles. The molecule has 304 valence electrons. The minimum atomic E-state index is 0. The lowest BCUT2D eigenvalue weighted by Crippen LogP contribution is -2.46. The fraction of sp³-hybridized carbons (Fsp3) is 0.429. The first kappa shape index (κ1) is 49.2. The van der Waals surface area contributed by atoms with E-state index in [1.165, 1.54) is 33.6 Å². The standard InChI is InChI=1S/2C21H25ClN2O.4ClH.H2O/c2*22-18-5-7-19(8-6-18)24-14-12-23(13-15-24)11-9-21-20-4-2-1-3-17(20)10-16-25-21;;;;;/h2*1-8,21H,9-16H2;4*1H;1H2. The van der Waals surface area contributed by atoms with Crippen molar-refractivity contribution in [3.63, 3.8) is 0 Å². The Morgan fingerprint density at radius 1 is 0.473 bits per heavy atom. The Morgan fingerprint density at radius 2 is 0.818 bits per heavy atom. The zero-order valence-electron chi connectivity index (χ0n) is 31.2. The van der Waals surface area contributed by atoms with E-state index >= 15 is 0 Å². The zero-order valence-corrected chi connectivity index (χ0v) is 36.0. The van der Waals surface area contributed by atoms with Crippen LogP contribution in [0, 0.1) is 0 Å². The Morgan fingerprint density at radius 3 is 1.18 bits per heavy atom. The molecule has 0 aliphatic carbocycles. The Bertz CT molecular complexity index is 1530. The second-order valence-corrected chi connectivity index (χ2v) is 14.7. The summed E-state index contributed by atoms with van der Waals surface area (Å²) in [6.07, 6.45) is 4.79. The van der Waals surface area contributed by atoms with Crippen molar-refractivity contribution in [2.24, 2.45) is 0 Å². The monoisotopic (exact) mass is 874 g/mol. The molecule has 2 saturated heterocycles. The molecule has 0 bridgehead atoms. The smallest absolute Gasteiger partial charge is 0.0839 e. The number of hydrogen-bond donors (Lipinski definition) is 0. The Kier molecular flexibility index (Phi) is 22.1. The normalized spacial score (nSPS) is 19.2. The fourth-order valence-corrected chi connectivity index (χ4v) is 8.05. The fourth-order valence-electron chi connectivity index (χ4n) is 7.79. The van der Waals surface area contributed by atoms with E-state index in [4.69, 9.17) is 32.7 Å². The van der Waals surface area contributed by atoms with Crippen molar-refractivity contribution in [1.82, 2.24) is 9.80 Å². The van der Waals surface area contributed by atoms with Crippen LogP contribution in [-0.4, -0.2) is 93.9 Å². The van der Waals surface area contributed by atoms with Crippen LogP contribution < -0.4 is 9.80 Å². The van der Waals surface area contributed by atoms with Gasteiger partial charge in [-0.2, -0.15) is 0 Å². The molecular weight excluding hydrogens is 821 g/mol. The Hall–Kier alpha value is -1.98. The molecule has 4 aliphatic heterocycles. The molecule has 0 aromatic heterocycles. The summed E-state index contributed by atoms with van der Waals surface area (Å²) < 4.78 is 12.1. The van der Waals surface area contributed by atoms with Crippen molar-refractivity contribution in [2.75, 3.05) is 88.5 Å². The van der Waals surface area contributed by atoms with Crippen LogP contribution in [0.1, 0.15) is 47.3 Å². The van der Waals surface area contributed by atoms with Gasteiger partial charge in [-0.1, -0.05) is 71.7 Å². The number of ether oxygens (including phenoxy) is 2. The molecule has 2 atom stereocenters. The van der Waals surface area contributed by atoms with E-state index in [0.717, 1.165) is 114 Å². The number of fused-ring (bicyclic) bond motifs is 2. The van der Waals surface area contributed by atoms with Gasteiger partial charge in [0, 0.05) is 86.9 Å². The molecule has 2 N–H and O–H groups in total.